The van der Waals surface area contributed by atoms with E-state index >= 15 is 0 Å². The topological polar surface area (TPSA) is 75.7 Å². The molecular weight excluding hydrogens is 663 g/mol. The number of carbonyl (C=O) groups excluding carboxylic acids is 3. The molecular formula is C30H24F6N2O4S3. The molecule has 0 unspecified atom stereocenters. The van der Waals surface area contributed by atoms with E-state index < -0.39 is 46.9 Å². The summed E-state index contributed by atoms with van der Waals surface area (Å²) in [5.41, 5.74) is -2.93. The number of hydrogen-bond donors (Lipinski definition) is 1. The number of thiocarbonyl (C=S) groups is 1. The van der Waals surface area contributed by atoms with Crippen molar-refractivity contribution in [1.29, 1.82) is 0 Å². The van der Waals surface area contributed by atoms with Crippen molar-refractivity contribution in [1.82, 2.24) is 4.90 Å². The Morgan fingerprint density at radius 2 is 1.53 bits per heavy atom. The van der Waals surface area contributed by atoms with E-state index in [1.165, 1.54) is 46.7 Å². The molecule has 2 heterocycles. The number of thiophene rings is 1. The number of hydrogen-bond acceptors (Lipinski definition) is 7. The van der Waals surface area contributed by atoms with Crippen molar-refractivity contribution < 1.29 is 45.5 Å². The normalized spacial score (nSPS) is 15.1. The Kier molecular flexibility index (Phi) is 9.85. The highest BCUT2D eigenvalue weighted by molar-refractivity contribution is 8.26. The van der Waals surface area contributed by atoms with E-state index in [0.29, 0.717) is 28.3 Å². The maximum absolute atomic E-state index is 13.3. The van der Waals surface area contributed by atoms with E-state index in [4.69, 9.17) is 17.0 Å². The molecule has 45 heavy (non-hydrogen) atoms. The van der Waals surface area contributed by atoms with Crippen LogP contribution in [0.5, 0.6) is 0 Å². The number of esters is 1. The molecule has 1 N–H and O–H groups in total. The Morgan fingerprint density at radius 1 is 0.933 bits per heavy atom. The van der Waals surface area contributed by atoms with Crippen molar-refractivity contribution in [3.05, 3.63) is 80.4 Å². The van der Waals surface area contributed by atoms with Gasteiger partial charge in [-0.15, -0.1) is 11.3 Å². The third-order valence-corrected chi connectivity index (χ3v) is 8.31. The van der Waals surface area contributed by atoms with Crippen LogP contribution in [-0.2, 0) is 26.7 Å². The van der Waals surface area contributed by atoms with Gasteiger partial charge >= 0.3 is 18.3 Å². The second-order valence-corrected chi connectivity index (χ2v) is 13.4. The van der Waals surface area contributed by atoms with Gasteiger partial charge in [0, 0.05) is 23.5 Å². The zero-order valence-corrected chi connectivity index (χ0v) is 26.2. The molecule has 2 amide bonds. The molecule has 0 bridgehead atoms. The first-order valence-electron chi connectivity index (χ1n) is 13.1. The molecule has 0 spiro atoms. The minimum atomic E-state index is -4.98. The SMILES string of the molecule is CC(C)(C)OC(=O)c1ccc(NC(=O)CCN2C(=O)/C(=C/c3cc(-c4cc(C(F)(F)F)cc(C(F)(F)F)c4)cs3)SC2=S)cc1. The number of amides is 2. The fraction of sp³-hybridized carbons (Fsp3) is 0.267. The number of halogens is 6. The number of benzene rings is 2. The smallest absolute Gasteiger partial charge is 0.416 e. The Morgan fingerprint density at radius 3 is 2.09 bits per heavy atom. The number of carbonyl (C=O) groups is 3. The molecule has 1 fully saturated rings. The lowest BCUT2D eigenvalue weighted by atomic mass is 10.0. The summed E-state index contributed by atoms with van der Waals surface area (Å²) in [6, 6.07) is 8.82. The van der Waals surface area contributed by atoms with Crippen molar-refractivity contribution in [3.63, 3.8) is 0 Å². The van der Waals surface area contributed by atoms with Gasteiger partial charge in [0.25, 0.3) is 5.91 Å². The van der Waals surface area contributed by atoms with Gasteiger partial charge in [0.1, 0.15) is 9.92 Å². The maximum Gasteiger partial charge on any atom is 0.416 e. The van der Waals surface area contributed by atoms with Crippen LogP contribution in [0, 0.1) is 0 Å². The van der Waals surface area contributed by atoms with Gasteiger partial charge in [-0.3, -0.25) is 14.5 Å². The molecule has 3 aromatic rings. The summed E-state index contributed by atoms with van der Waals surface area (Å²) in [4.78, 5) is 39.5. The average molecular weight is 687 g/mol. The molecule has 0 saturated carbocycles. The van der Waals surface area contributed by atoms with Crippen LogP contribution in [0.15, 0.2) is 58.8 Å². The van der Waals surface area contributed by atoms with Crippen LogP contribution in [-0.4, -0.2) is 39.1 Å². The number of anilines is 1. The minimum Gasteiger partial charge on any atom is -0.456 e. The van der Waals surface area contributed by atoms with Crippen LogP contribution >= 0.6 is 35.3 Å². The molecule has 2 aromatic carbocycles. The zero-order chi connectivity index (χ0) is 33.3. The van der Waals surface area contributed by atoms with Crippen molar-refractivity contribution in [3.8, 4) is 11.1 Å². The Balaban J connectivity index is 1.40. The summed E-state index contributed by atoms with van der Waals surface area (Å²) in [6.07, 6.45) is -8.62. The van der Waals surface area contributed by atoms with Crippen LogP contribution in [0.3, 0.4) is 0 Å². The van der Waals surface area contributed by atoms with E-state index in [-0.39, 0.29) is 39.4 Å². The lowest BCUT2D eigenvalue weighted by Crippen LogP contribution is -2.31. The highest BCUT2D eigenvalue weighted by Gasteiger charge is 2.37. The minimum absolute atomic E-state index is 0.0377. The highest BCUT2D eigenvalue weighted by Crippen LogP contribution is 2.40. The summed E-state index contributed by atoms with van der Waals surface area (Å²) < 4.78 is 85.2. The highest BCUT2D eigenvalue weighted by atomic mass is 32.2. The van der Waals surface area contributed by atoms with E-state index in [0.717, 1.165) is 23.1 Å². The van der Waals surface area contributed by atoms with Gasteiger partial charge in [-0.1, -0.05) is 24.0 Å². The van der Waals surface area contributed by atoms with Crippen molar-refractivity contribution in [2.75, 3.05) is 11.9 Å². The van der Waals surface area contributed by atoms with E-state index in [2.05, 4.69) is 5.32 Å². The largest absolute Gasteiger partial charge is 0.456 e. The third-order valence-electron chi connectivity index (χ3n) is 6.05. The summed E-state index contributed by atoms with van der Waals surface area (Å²) >= 11 is 7.28. The summed E-state index contributed by atoms with van der Waals surface area (Å²) in [6.45, 7) is 5.20. The third kappa shape index (κ3) is 8.95. The second-order valence-electron chi connectivity index (χ2n) is 10.7. The quantitative estimate of drug-likeness (QED) is 0.116. The molecule has 1 aromatic heterocycles. The summed E-state index contributed by atoms with van der Waals surface area (Å²) in [5, 5.41) is 4.07. The van der Waals surface area contributed by atoms with Crippen molar-refractivity contribution >= 4 is 69.2 Å². The molecule has 15 heteroatoms. The van der Waals surface area contributed by atoms with Gasteiger partial charge in [-0.25, -0.2) is 4.79 Å². The lowest BCUT2D eigenvalue weighted by Gasteiger charge is -2.19. The maximum atomic E-state index is 13.3. The Hall–Kier alpha value is -3.69. The van der Waals surface area contributed by atoms with Crippen LogP contribution in [0.2, 0.25) is 0 Å². The fourth-order valence-electron chi connectivity index (χ4n) is 3.99. The molecule has 0 atom stereocenters. The fourth-order valence-corrected chi connectivity index (χ4v) is 6.21. The molecule has 1 aliphatic heterocycles. The number of rotatable bonds is 7. The summed E-state index contributed by atoms with van der Waals surface area (Å²) in [7, 11) is 0. The number of ether oxygens (including phenoxy) is 1. The predicted molar refractivity (Wildman–Crippen MR) is 164 cm³/mol. The second kappa shape index (κ2) is 13.0. The molecule has 6 nitrogen and oxygen atoms in total. The van der Waals surface area contributed by atoms with Gasteiger partial charge in [-0.2, -0.15) is 26.3 Å². The average Bonchev–Trinajstić information content (AvgIpc) is 3.49. The van der Waals surface area contributed by atoms with Gasteiger partial charge in [0.2, 0.25) is 5.91 Å². The van der Waals surface area contributed by atoms with Crippen LogP contribution in [0.25, 0.3) is 17.2 Å². The number of nitrogens with one attached hydrogen (secondary N) is 1. The first kappa shape index (κ1) is 34.2. The molecule has 1 saturated heterocycles. The summed E-state index contributed by atoms with van der Waals surface area (Å²) in [5.74, 6) is -1.42. The predicted octanol–water partition coefficient (Wildman–Crippen LogP) is 8.64. The molecule has 4 rings (SSSR count). The van der Waals surface area contributed by atoms with E-state index in [1.54, 1.807) is 20.8 Å². The van der Waals surface area contributed by atoms with Crippen LogP contribution in [0.1, 0.15) is 53.6 Å². The van der Waals surface area contributed by atoms with Gasteiger partial charge < -0.3 is 10.1 Å². The van der Waals surface area contributed by atoms with Gasteiger partial charge in [-0.05, 0) is 91.9 Å². The molecule has 238 valence electrons. The monoisotopic (exact) mass is 686 g/mol. The van der Waals surface area contributed by atoms with E-state index in [1.807, 2.05) is 0 Å². The van der Waals surface area contributed by atoms with E-state index in [9.17, 15) is 40.7 Å². The number of thioether (sulfide) groups is 1. The lowest BCUT2D eigenvalue weighted by molar-refractivity contribution is -0.143. The van der Waals surface area contributed by atoms with Crippen molar-refractivity contribution in [2.24, 2.45) is 0 Å². The number of alkyl halides is 6. The number of nitrogens with zero attached hydrogens (tertiary/aromatic N) is 1. The molecule has 0 radical (unpaired) electrons. The molecule has 0 aliphatic carbocycles. The Bertz CT molecular complexity index is 1640. The first-order chi connectivity index (χ1) is 20.8. The standard InChI is InChI=1S/C30H24F6N2O4S3/c1-28(2,3)42-26(41)16-4-6-21(7-5-16)37-24(39)8-9-38-25(40)23(45-27(38)43)14-22-12-18(15-44-22)17-10-19(29(31,32)33)13-20(11-17)30(34,35)36/h4-7,10-15H,8-9H2,1-3H3,(H,37,39)/b23-14-. The van der Waals surface area contributed by atoms with Crippen LogP contribution < -0.4 is 5.32 Å². The van der Waals surface area contributed by atoms with Gasteiger partial charge in [0.05, 0.1) is 21.6 Å². The Labute approximate surface area is 267 Å². The van der Waals surface area contributed by atoms with Gasteiger partial charge in [0.15, 0.2) is 0 Å². The first-order valence-corrected chi connectivity index (χ1v) is 15.2. The van der Waals surface area contributed by atoms with Crippen LogP contribution in [0.4, 0.5) is 32.0 Å². The zero-order valence-electron chi connectivity index (χ0n) is 23.8. The molecule has 1 aliphatic rings. The van der Waals surface area contributed by atoms with Crippen molar-refractivity contribution in [2.45, 2.75) is 45.1 Å².